The van der Waals surface area contributed by atoms with Gasteiger partial charge in [-0.25, -0.2) is 4.79 Å². The van der Waals surface area contributed by atoms with E-state index >= 15 is 0 Å². The molecule has 26 heavy (non-hydrogen) atoms. The lowest BCUT2D eigenvalue weighted by Gasteiger charge is -2.27. The van der Waals surface area contributed by atoms with E-state index in [0.717, 1.165) is 23.0 Å². The van der Waals surface area contributed by atoms with Crippen LogP contribution in [0, 0.1) is 0 Å². The highest BCUT2D eigenvalue weighted by Crippen LogP contribution is 2.38. The third-order valence-electron chi connectivity index (χ3n) is 3.95. The highest BCUT2D eigenvalue weighted by molar-refractivity contribution is 7.99. The van der Waals surface area contributed by atoms with Crippen molar-refractivity contribution in [3.8, 4) is 0 Å². The Labute approximate surface area is 167 Å². The van der Waals surface area contributed by atoms with Crippen molar-refractivity contribution in [3.63, 3.8) is 0 Å². The molecule has 1 saturated heterocycles. The Kier molecular flexibility index (Phi) is 6.40. The van der Waals surface area contributed by atoms with Crippen molar-refractivity contribution >= 4 is 52.3 Å². The SMILES string of the molecule is CCOC(=O)c1ccc(NC(=S)N2CCS[C@@H]2c2ccc(Cl)cc2)cc1. The third kappa shape index (κ3) is 4.50. The highest BCUT2D eigenvalue weighted by Gasteiger charge is 2.28. The fourth-order valence-corrected chi connectivity index (χ4v) is 4.45. The van der Waals surface area contributed by atoms with Gasteiger partial charge in [0.2, 0.25) is 0 Å². The number of carbonyl (C=O) groups is 1. The summed E-state index contributed by atoms with van der Waals surface area (Å²) in [6.07, 6.45) is 0. The van der Waals surface area contributed by atoms with Gasteiger partial charge in [-0.3, -0.25) is 0 Å². The summed E-state index contributed by atoms with van der Waals surface area (Å²) in [6, 6.07) is 15.0. The van der Waals surface area contributed by atoms with Crippen molar-refractivity contribution in [2.75, 3.05) is 24.2 Å². The van der Waals surface area contributed by atoms with E-state index in [1.54, 1.807) is 19.1 Å². The molecule has 1 fully saturated rings. The summed E-state index contributed by atoms with van der Waals surface area (Å²) >= 11 is 13.5. The largest absolute Gasteiger partial charge is 0.462 e. The normalized spacial score (nSPS) is 16.4. The van der Waals surface area contributed by atoms with Gasteiger partial charge in [0.25, 0.3) is 0 Å². The van der Waals surface area contributed by atoms with Crippen LogP contribution in [0.2, 0.25) is 5.02 Å². The molecule has 0 aromatic heterocycles. The molecule has 136 valence electrons. The zero-order valence-corrected chi connectivity index (χ0v) is 16.7. The van der Waals surface area contributed by atoms with Gasteiger partial charge in [-0.1, -0.05) is 23.7 Å². The van der Waals surface area contributed by atoms with Gasteiger partial charge in [-0.15, -0.1) is 11.8 Å². The molecule has 1 atom stereocenters. The smallest absolute Gasteiger partial charge is 0.338 e. The lowest BCUT2D eigenvalue weighted by molar-refractivity contribution is 0.0526. The predicted molar refractivity (Wildman–Crippen MR) is 112 cm³/mol. The molecule has 2 aromatic rings. The molecular weight excluding hydrogens is 388 g/mol. The molecule has 0 bridgehead atoms. The van der Waals surface area contributed by atoms with E-state index < -0.39 is 0 Å². The summed E-state index contributed by atoms with van der Waals surface area (Å²) in [5, 5.41) is 4.82. The number of rotatable bonds is 4. The van der Waals surface area contributed by atoms with Crippen molar-refractivity contribution in [1.29, 1.82) is 0 Å². The van der Waals surface area contributed by atoms with Crippen LogP contribution in [0.1, 0.15) is 28.2 Å². The minimum Gasteiger partial charge on any atom is -0.462 e. The van der Waals surface area contributed by atoms with Crippen LogP contribution in [0.5, 0.6) is 0 Å². The molecule has 3 rings (SSSR count). The predicted octanol–water partition coefficient (Wildman–Crippen LogP) is 4.96. The van der Waals surface area contributed by atoms with Crippen LogP contribution < -0.4 is 5.32 Å². The number of hydrogen-bond donors (Lipinski definition) is 1. The van der Waals surface area contributed by atoms with Crippen molar-refractivity contribution in [2.45, 2.75) is 12.3 Å². The van der Waals surface area contributed by atoms with Crippen molar-refractivity contribution in [1.82, 2.24) is 4.90 Å². The van der Waals surface area contributed by atoms with E-state index in [2.05, 4.69) is 10.2 Å². The van der Waals surface area contributed by atoms with Crippen LogP contribution in [0.15, 0.2) is 48.5 Å². The molecule has 1 aliphatic rings. The molecule has 0 saturated carbocycles. The number of nitrogens with zero attached hydrogens (tertiary/aromatic N) is 1. The molecule has 0 spiro atoms. The summed E-state index contributed by atoms with van der Waals surface area (Å²) < 4.78 is 5.00. The Morgan fingerprint density at radius 3 is 2.62 bits per heavy atom. The number of hydrogen-bond acceptors (Lipinski definition) is 4. The van der Waals surface area contributed by atoms with Crippen LogP contribution in [0.25, 0.3) is 0 Å². The van der Waals surface area contributed by atoms with E-state index in [-0.39, 0.29) is 11.3 Å². The van der Waals surface area contributed by atoms with Crippen LogP contribution in [-0.4, -0.2) is 34.9 Å². The topological polar surface area (TPSA) is 41.6 Å². The summed E-state index contributed by atoms with van der Waals surface area (Å²) in [6.45, 7) is 3.03. The quantitative estimate of drug-likeness (QED) is 0.571. The van der Waals surface area contributed by atoms with Gasteiger partial charge in [-0.05, 0) is 61.1 Å². The average Bonchev–Trinajstić information content (AvgIpc) is 3.13. The van der Waals surface area contributed by atoms with Gasteiger partial charge in [-0.2, -0.15) is 0 Å². The fourth-order valence-electron chi connectivity index (χ4n) is 2.68. The van der Waals surface area contributed by atoms with Crippen molar-refractivity contribution in [3.05, 3.63) is 64.7 Å². The average molecular weight is 407 g/mol. The second-order valence-corrected chi connectivity index (χ2v) is 7.71. The van der Waals surface area contributed by atoms with Crippen LogP contribution in [0.4, 0.5) is 5.69 Å². The molecule has 1 heterocycles. The third-order valence-corrected chi connectivity index (χ3v) is 5.80. The summed E-state index contributed by atoms with van der Waals surface area (Å²) in [7, 11) is 0. The van der Waals surface area contributed by atoms with E-state index in [1.807, 2.05) is 48.2 Å². The van der Waals surface area contributed by atoms with Gasteiger partial charge in [0, 0.05) is 23.0 Å². The molecule has 7 heteroatoms. The molecule has 0 unspecified atom stereocenters. The van der Waals surface area contributed by atoms with E-state index in [1.165, 1.54) is 5.56 Å². The maximum absolute atomic E-state index is 11.7. The molecule has 0 aliphatic carbocycles. The van der Waals surface area contributed by atoms with Crippen molar-refractivity contribution < 1.29 is 9.53 Å². The number of thiocarbonyl (C=S) groups is 1. The Morgan fingerprint density at radius 1 is 1.27 bits per heavy atom. The van der Waals surface area contributed by atoms with Gasteiger partial charge in [0.15, 0.2) is 5.11 Å². The maximum Gasteiger partial charge on any atom is 0.338 e. The van der Waals surface area contributed by atoms with E-state index in [0.29, 0.717) is 17.3 Å². The van der Waals surface area contributed by atoms with Crippen LogP contribution >= 0.6 is 35.6 Å². The number of halogens is 1. The molecule has 1 aliphatic heterocycles. The zero-order chi connectivity index (χ0) is 18.5. The number of esters is 1. The van der Waals surface area contributed by atoms with Crippen LogP contribution in [0.3, 0.4) is 0 Å². The molecule has 4 nitrogen and oxygen atoms in total. The summed E-state index contributed by atoms with van der Waals surface area (Å²) in [5.41, 5.74) is 2.55. The van der Waals surface area contributed by atoms with E-state index in [4.69, 9.17) is 28.6 Å². The number of benzene rings is 2. The minimum atomic E-state index is -0.319. The standard InChI is InChI=1S/C19H19ClN2O2S2/c1-2-24-18(23)14-5-9-16(10-6-14)21-19(25)22-11-12-26-17(22)13-3-7-15(20)8-4-13/h3-10,17H,2,11-12H2,1H3,(H,21,25)/t17-/m1/s1. The van der Waals surface area contributed by atoms with Gasteiger partial charge >= 0.3 is 5.97 Å². The maximum atomic E-state index is 11.7. The zero-order valence-electron chi connectivity index (χ0n) is 14.3. The fraction of sp³-hybridized carbons (Fsp3) is 0.263. The summed E-state index contributed by atoms with van der Waals surface area (Å²) in [4.78, 5) is 13.9. The highest BCUT2D eigenvalue weighted by atomic mass is 35.5. The molecule has 2 aromatic carbocycles. The molecule has 0 radical (unpaired) electrons. The molecule has 1 N–H and O–H groups in total. The Morgan fingerprint density at radius 2 is 1.96 bits per heavy atom. The second kappa shape index (κ2) is 8.75. The first-order chi connectivity index (χ1) is 12.6. The first kappa shape index (κ1) is 19.0. The van der Waals surface area contributed by atoms with Gasteiger partial charge in [0.1, 0.15) is 5.37 Å². The lowest BCUT2D eigenvalue weighted by Crippen LogP contribution is -2.34. The lowest BCUT2D eigenvalue weighted by atomic mass is 10.2. The Balaban J connectivity index is 1.67. The van der Waals surface area contributed by atoms with Crippen LogP contribution in [-0.2, 0) is 4.74 Å². The van der Waals surface area contributed by atoms with Gasteiger partial charge in [0.05, 0.1) is 12.2 Å². The number of nitrogens with one attached hydrogen (secondary N) is 1. The van der Waals surface area contributed by atoms with Crippen molar-refractivity contribution in [2.24, 2.45) is 0 Å². The molecular formula is C19H19ClN2O2S2. The Bertz CT molecular complexity index is 781. The number of anilines is 1. The monoisotopic (exact) mass is 406 g/mol. The second-order valence-electron chi connectivity index (χ2n) is 5.70. The molecule has 0 amide bonds. The minimum absolute atomic E-state index is 0.172. The first-order valence-corrected chi connectivity index (χ1v) is 10.1. The number of carbonyl (C=O) groups excluding carboxylic acids is 1. The van der Waals surface area contributed by atoms with Gasteiger partial charge < -0.3 is 15.0 Å². The van der Waals surface area contributed by atoms with E-state index in [9.17, 15) is 4.79 Å². The summed E-state index contributed by atoms with van der Waals surface area (Å²) in [5.74, 6) is 0.692. The first-order valence-electron chi connectivity index (χ1n) is 8.30. The number of ether oxygens (including phenoxy) is 1. The number of thioether (sulfide) groups is 1. The Hall–Kier alpha value is -1.76.